The van der Waals surface area contributed by atoms with Crippen LogP contribution in [0.3, 0.4) is 0 Å². The van der Waals surface area contributed by atoms with E-state index in [-0.39, 0.29) is 24.8 Å². The topological polar surface area (TPSA) is 75.6 Å². The molecule has 0 radical (unpaired) electrons. The van der Waals surface area contributed by atoms with E-state index < -0.39 is 17.7 Å². The van der Waals surface area contributed by atoms with E-state index in [1.807, 2.05) is 0 Å². The SMILES string of the molecule is Cc1ccc(F)c(OCC(=O)NC(C)CCC(=O)O)c1. The lowest BCUT2D eigenvalue weighted by Gasteiger charge is -2.13. The Balaban J connectivity index is 2.39. The van der Waals surface area contributed by atoms with E-state index in [2.05, 4.69) is 5.32 Å². The fourth-order valence-electron chi connectivity index (χ4n) is 1.59. The summed E-state index contributed by atoms with van der Waals surface area (Å²) in [5.74, 6) is -1.83. The van der Waals surface area contributed by atoms with Crippen molar-refractivity contribution in [2.24, 2.45) is 0 Å². The molecule has 110 valence electrons. The average Bonchev–Trinajstić information content (AvgIpc) is 2.37. The second kappa shape index (κ2) is 7.47. The van der Waals surface area contributed by atoms with Gasteiger partial charge in [-0.2, -0.15) is 0 Å². The number of carbonyl (C=O) groups is 2. The molecule has 1 aromatic rings. The van der Waals surface area contributed by atoms with E-state index in [0.717, 1.165) is 5.56 Å². The minimum absolute atomic E-state index is 0.0190. The number of aryl methyl sites for hydroxylation is 1. The summed E-state index contributed by atoms with van der Waals surface area (Å²) in [5, 5.41) is 11.1. The normalized spacial score (nSPS) is 11.8. The Morgan fingerprint density at radius 2 is 2.15 bits per heavy atom. The Hall–Kier alpha value is -2.11. The predicted octanol–water partition coefficient (Wildman–Crippen LogP) is 1.88. The first kappa shape index (κ1) is 15.9. The predicted molar refractivity (Wildman–Crippen MR) is 71.1 cm³/mol. The van der Waals surface area contributed by atoms with E-state index in [9.17, 15) is 14.0 Å². The molecule has 0 fully saturated rings. The Kier molecular flexibility index (Phi) is 5.96. The number of rotatable bonds is 7. The highest BCUT2D eigenvalue weighted by Crippen LogP contribution is 2.18. The number of hydrogen-bond donors (Lipinski definition) is 2. The van der Waals surface area contributed by atoms with Gasteiger partial charge >= 0.3 is 5.97 Å². The molecule has 0 bridgehead atoms. The van der Waals surface area contributed by atoms with Crippen LogP contribution < -0.4 is 10.1 Å². The van der Waals surface area contributed by atoms with E-state index in [1.54, 1.807) is 19.9 Å². The molecule has 0 heterocycles. The van der Waals surface area contributed by atoms with Crippen LogP contribution in [-0.4, -0.2) is 29.6 Å². The molecular weight excluding hydrogens is 265 g/mol. The highest BCUT2D eigenvalue weighted by molar-refractivity contribution is 5.77. The molecule has 1 amide bonds. The van der Waals surface area contributed by atoms with Crippen LogP contribution in [-0.2, 0) is 9.59 Å². The highest BCUT2D eigenvalue weighted by atomic mass is 19.1. The van der Waals surface area contributed by atoms with Gasteiger partial charge in [-0.1, -0.05) is 6.07 Å². The molecule has 0 aliphatic carbocycles. The molecule has 0 aliphatic heterocycles. The van der Waals surface area contributed by atoms with E-state index in [1.165, 1.54) is 12.1 Å². The number of hydrogen-bond acceptors (Lipinski definition) is 3. The van der Waals surface area contributed by atoms with Crippen LogP contribution in [0.1, 0.15) is 25.3 Å². The van der Waals surface area contributed by atoms with Crippen molar-refractivity contribution in [3.8, 4) is 5.75 Å². The number of carboxylic acids is 1. The standard InChI is InChI=1S/C14H18FNO4/c1-9-3-5-11(15)12(7-9)20-8-13(17)16-10(2)4-6-14(18)19/h3,5,7,10H,4,6,8H2,1-2H3,(H,16,17)(H,18,19). The first-order valence-electron chi connectivity index (χ1n) is 6.28. The third-order valence-electron chi connectivity index (χ3n) is 2.64. The van der Waals surface area contributed by atoms with Gasteiger partial charge in [-0.25, -0.2) is 4.39 Å². The second-order valence-electron chi connectivity index (χ2n) is 4.62. The van der Waals surface area contributed by atoms with Crippen LogP contribution in [0.15, 0.2) is 18.2 Å². The molecule has 6 heteroatoms. The van der Waals surface area contributed by atoms with Crippen molar-refractivity contribution in [3.63, 3.8) is 0 Å². The van der Waals surface area contributed by atoms with Gasteiger partial charge in [0, 0.05) is 12.5 Å². The van der Waals surface area contributed by atoms with Crippen molar-refractivity contribution in [1.29, 1.82) is 0 Å². The van der Waals surface area contributed by atoms with Crippen LogP contribution in [0.25, 0.3) is 0 Å². The first-order chi connectivity index (χ1) is 9.38. The van der Waals surface area contributed by atoms with Gasteiger partial charge in [0.15, 0.2) is 18.2 Å². The van der Waals surface area contributed by atoms with Crippen LogP contribution in [0.5, 0.6) is 5.75 Å². The van der Waals surface area contributed by atoms with E-state index in [4.69, 9.17) is 9.84 Å². The molecule has 1 rings (SSSR count). The van der Waals surface area contributed by atoms with Crippen molar-refractivity contribution in [1.82, 2.24) is 5.32 Å². The third-order valence-corrected chi connectivity index (χ3v) is 2.64. The number of carbonyl (C=O) groups excluding carboxylic acids is 1. The summed E-state index contributed by atoms with van der Waals surface area (Å²) in [7, 11) is 0. The van der Waals surface area contributed by atoms with Gasteiger partial charge < -0.3 is 15.2 Å². The van der Waals surface area contributed by atoms with Crippen LogP contribution in [0.2, 0.25) is 0 Å². The number of aliphatic carboxylic acids is 1. The van der Waals surface area contributed by atoms with Crippen LogP contribution in [0.4, 0.5) is 4.39 Å². The lowest BCUT2D eigenvalue weighted by molar-refractivity contribution is -0.137. The molecule has 5 nitrogen and oxygen atoms in total. The molecule has 20 heavy (non-hydrogen) atoms. The number of nitrogens with one attached hydrogen (secondary N) is 1. The number of amides is 1. The fraction of sp³-hybridized carbons (Fsp3) is 0.429. The number of halogens is 1. The number of carboxylic acid groups (broad SMARTS) is 1. The molecular formula is C14H18FNO4. The van der Waals surface area contributed by atoms with Crippen molar-refractivity contribution in [2.75, 3.05) is 6.61 Å². The molecule has 1 atom stereocenters. The molecule has 0 saturated carbocycles. The van der Waals surface area contributed by atoms with Crippen LogP contribution in [0, 0.1) is 12.7 Å². The Labute approximate surface area is 116 Å². The van der Waals surface area contributed by atoms with Crippen molar-refractivity contribution >= 4 is 11.9 Å². The van der Waals surface area contributed by atoms with Crippen molar-refractivity contribution in [3.05, 3.63) is 29.6 Å². The fourth-order valence-corrected chi connectivity index (χ4v) is 1.59. The summed E-state index contributed by atoms with van der Waals surface area (Å²) in [6.07, 6.45) is 0.314. The van der Waals surface area contributed by atoms with Crippen LogP contribution >= 0.6 is 0 Å². The lowest BCUT2D eigenvalue weighted by atomic mass is 10.2. The maximum Gasteiger partial charge on any atom is 0.303 e. The maximum atomic E-state index is 13.4. The van der Waals surface area contributed by atoms with Gasteiger partial charge in [0.1, 0.15) is 0 Å². The van der Waals surface area contributed by atoms with Crippen molar-refractivity contribution < 1.29 is 23.8 Å². The summed E-state index contributed by atoms with van der Waals surface area (Å²) >= 11 is 0. The largest absolute Gasteiger partial charge is 0.481 e. The summed E-state index contributed by atoms with van der Waals surface area (Å²) in [6, 6.07) is 4.12. The van der Waals surface area contributed by atoms with Gasteiger partial charge in [0.05, 0.1) is 0 Å². The molecule has 0 aliphatic rings. The summed E-state index contributed by atoms with van der Waals surface area (Å²) < 4.78 is 18.5. The zero-order chi connectivity index (χ0) is 15.1. The molecule has 1 aromatic carbocycles. The maximum absolute atomic E-state index is 13.4. The highest BCUT2D eigenvalue weighted by Gasteiger charge is 2.11. The smallest absolute Gasteiger partial charge is 0.303 e. The van der Waals surface area contributed by atoms with Crippen molar-refractivity contribution in [2.45, 2.75) is 32.7 Å². The lowest BCUT2D eigenvalue weighted by Crippen LogP contribution is -2.36. The van der Waals surface area contributed by atoms with Gasteiger partial charge in [0.2, 0.25) is 0 Å². The molecule has 2 N–H and O–H groups in total. The molecule has 0 saturated heterocycles. The monoisotopic (exact) mass is 283 g/mol. The average molecular weight is 283 g/mol. The summed E-state index contributed by atoms with van der Waals surface area (Å²) in [5.41, 5.74) is 0.830. The zero-order valence-corrected chi connectivity index (χ0v) is 11.5. The Bertz CT molecular complexity index is 490. The minimum Gasteiger partial charge on any atom is -0.481 e. The Morgan fingerprint density at radius 3 is 2.80 bits per heavy atom. The zero-order valence-electron chi connectivity index (χ0n) is 11.5. The third kappa shape index (κ3) is 5.69. The van der Waals surface area contributed by atoms with E-state index in [0.29, 0.717) is 6.42 Å². The number of benzene rings is 1. The first-order valence-corrected chi connectivity index (χ1v) is 6.28. The number of ether oxygens (including phenoxy) is 1. The second-order valence-corrected chi connectivity index (χ2v) is 4.62. The summed E-state index contributed by atoms with van der Waals surface area (Å²) in [4.78, 5) is 22.0. The van der Waals surface area contributed by atoms with E-state index >= 15 is 0 Å². The molecule has 0 aromatic heterocycles. The summed E-state index contributed by atoms with van der Waals surface area (Å²) in [6.45, 7) is 3.19. The van der Waals surface area contributed by atoms with Gasteiger partial charge in [-0.3, -0.25) is 9.59 Å². The van der Waals surface area contributed by atoms with Gasteiger partial charge in [-0.05, 0) is 38.0 Å². The minimum atomic E-state index is -0.913. The molecule has 0 spiro atoms. The van der Waals surface area contributed by atoms with Gasteiger partial charge in [0.25, 0.3) is 5.91 Å². The Morgan fingerprint density at radius 1 is 1.45 bits per heavy atom. The quantitative estimate of drug-likeness (QED) is 0.801. The molecule has 1 unspecified atom stereocenters. The van der Waals surface area contributed by atoms with Gasteiger partial charge in [-0.15, -0.1) is 0 Å².